The number of halogens is 2. The van der Waals surface area contributed by atoms with Gasteiger partial charge in [-0.3, -0.25) is 4.79 Å². The maximum Gasteiger partial charge on any atom is 0.340 e. The van der Waals surface area contributed by atoms with Crippen molar-refractivity contribution in [3.63, 3.8) is 0 Å². The molecule has 0 aliphatic rings. The summed E-state index contributed by atoms with van der Waals surface area (Å²) in [6.07, 6.45) is 2.05. The first kappa shape index (κ1) is 21.1. The first-order valence-corrected chi connectivity index (χ1v) is 9.47. The fourth-order valence-corrected chi connectivity index (χ4v) is 2.81. The van der Waals surface area contributed by atoms with Crippen LogP contribution in [-0.2, 0) is 16.1 Å². The number of benzene rings is 2. The van der Waals surface area contributed by atoms with Gasteiger partial charge in [-0.15, -0.1) is 0 Å². The van der Waals surface area contributed by atoms with E-state index in [0.29, 0.717) is 21.3 Å². The van der Waals surface area contributed by atoms with Crippen molar-refractivity contribution >= 4 is 40.8 Å². The zero-order valence-electron chi connectivity index (χ0n) is 15.1. The van der Waals surface area contributed by atoms with Gasteiger partial charge in [0.2, 0.25) is 0 Å². The minimum Gasteiger partial charge on any atom is -0.452 e. The van der Waals surface area contributed by atoms with Gasteiger partial charge in [0.1, 0.15) is 0 Å². The van der Waals surface area contributed by atoms with Crippen LogP contribution in [0, 0.1) is 0 Å². The number of carbonyl (C=O) groups is 2. The molecule has 0 saturated carbocycles. The summed E-state index contributed by atoms with van der Waals surface area (Å²) in [6, 6.07) is 12.1. The molecule has 2 aromatic rings. The lowest BCUT2D eigenvalue weighted by atomic mass is 10.1. The zero-order chi connectivity index (χ0) is 19.6. The maximum absolute atomic E-state index is 12.3. The molecular formula is C20H22Cl2N2O3. The topological polar surface area (TPSA) is 67.4 Å². The van der Waals surface area contributed by atoms with E-state index in [2.05, 4.69) is 17.6 Å². The summed E-state index contributed by atoms with van der Waals surface area (Å²) in [4.78, 5) is 24.2. The van der Waals surface area contributed by atoms with Gasteiger partial charge in [0.05, 0.1) is 5.56 Å². The predicted octanol–water partition coefficient (Wildman–Crippen LogP) is 4.68. The van der Waals surface area contributed by atoms with Gasteiger partial charge in [0.15, 0.2) is 6.61 Å². The summed E-state index contributed by atoms with van der Waals surface area (Å²) in [5.41, 5.74) is 1.83. The number of ether oxygens (including phenoxy) is 1. The number of esters is 1. The Labute approximate surface area is 169 Å². The number of unbranched alkanes of at least 4 members (excludes halogenated alkanes) is 1. The van der Waals surface area contributed by atoms with Crippen LogP contribution in [0.2, 0.25) is 10.0 Å². The Hall–Kier alpha value is -2.24. The summed E-state index contributed by atoms with van der Waals surface area (Å²) < 4.78 is 5.13. The van der Waals surface area contributed by atoms with E-state index >= 15 is 0 Å². The van der Waals surface area contributed by atoms with E-state index in [1.165, 1.54) is 0 Å². The van der Waals surface area contributed by atoms with Crippen molar-refractivity contribution in [3.8, 4) is 0 Å². The van der Waals surface area contributed by atoms with Crippen molar-refractivity contribution in [1.82, 2.24) is 5.32 Å². The van der Waals surface area contributed by atoms with Gasteiger partial charge in [-0.05, 0) is 36.2 Å². The van der Waals surface area contributed by atoms with Gasteiger partial charge < -0.3 is 15.4 Å². The molecule has 0 unspecified atom stereocenters. The molecule has 0 saturated heterocycles. The second-order valence-electron chi connectivity index (χ2n) is 5.91. The van der Waals surface area contributed by atoms with E-state index in [4.69, 9.17) is 27.9 Å². The summed E-state index contributed by atoms with van der Waals surface area (Å²) in [5.74, 6) is -0.958. The Morgan fingerprint density at radius 3 is 2.63 bits per heavy atom. The molecule has 144 valence electrons. The molecular weight excluding hydrogens is 387 g/mol. The second-order valence-corrected chi connectivity index (χ2v) is 6.76. The number of rotatable bonds is 9. The fourth-order valence-electron chi connectivity index (χ4n) is 2.33. The van der Waals surface area contributed by atoms with Gasteiger partial charge in [-0.25, -0.2) is 4.79 Å². The molecule has 1 amide bonds. The molecule has 0 atom stereocenters. The minimum absolute atomic E-state index is 0.224. The summed E-state index contributed by atoms with van der Waals surface area (Å²) in [7, 11) is 0. The van der Waals surface area contributed by atoms with Crippen LogP contribution in [0.4, 0.5) is 5.69 Å². The van der Waals surface area contributed by atoms with Crippen LogP contribution < -0.4 is 10.6 Å². The summed E-state index contributed by atoms with van der Waals surface area (Å²) >= 11 is 11.9. The van der Waals surface area contributed by atoms with Crippen LogP contribution >= 0.6 is 23.2 Å². The highest BCUT2D eigenvalue weighted by Gasteiger charge is 2.14. The molecule has 0 radical (unpaired) electrons. The van der Waals surface area contributed by atoms with Gasteiger partial charge in [-0.1, -0.05) is 54.7 Å². The summed E-state index contributed by atoms with van der Waals surface area (Å²) in [5, 5.41) is 6.86. The van der Waals surface area contributed by atoms with Crippen molar-refractivity contribution in [2.45, 2.75) is 26.3 Å². The number of hydrogen-bond acceptors (Lipinski definition) is 4. The Balaban J connectivity index is 1.85. The normalized spacial score (nSPS) is 10.3. The molecule has 0 fully saturated rings. The largest absolute Gasteiger partial charge is 0.452 e. The minimum atomic E-state index is -0.547. The first-order chi connectivity index (χ1) is 13.0. The third kappa shape index (κ3) is 6.77. The fraction of sp³-hybridized carbons (Fsp3) is 0.300. The van der Waals surface area contributed by atoms with Crippen LogP contribution in [-0.4, -0.2) is 25.0 Å². The lowest BCUT2D eigenvalue weighted by molar-refractivity contribution is -0.124. The predicted molar refractivity (Wildman–Crippen MR) is 108 cm³/mol. The van der Waals surface area contributed by atoms with E-state index in [-0.39, 0.29) is 13.2 Å². The molecule has 2 rings (SSSR count). The standard InChI is InChI=1S/C20H22Cl2N2O3/c1-2-3-10-23-18-7-5-4-6-16(18)20(26)27-13-19(25)24-12-14-8-9-15(21)11-17(14)22/h4-9,11,23H,2-3,10,12-13H2,1H3,(H,24,25). The highest BCUT2D eigenvalue weighted by Crippen LogP contribution is 2.20. The average molecular weight is 409 g/mol. The Morgan fingerprint density at radius 1 is 1.11 bits per heavy atom. The van der Waals surface area contributed by atoms with E-state index in [9.17, 15) is 9.59 Å². The number of nitrogens with one attached hydrogen (secondary N) is 2. The molecule has 5 nitrogen and oxygen atoms in total. The molecule has 0 spiro atoms. The molecule has 7 heteroatoms. The first-order valence-electron chi connectivity index (χ1n) is 8.72. The molecule has 0 aliphatic carbocycles. The van der Waals surface area contributed by atoms with Crippen LogP contribution in [0.25, 0.3) is 0 Å². The van der Waals surface area contributed by atoms with Crippen molar-refractivity contribution in [1.29, 1.82) is 0 Å². The third-order valence-corrected chi connectivity index (χ3v) is 4.41. The molecule has 2 aromatic carbocycles. The average Bonchev–Trinajstić information content (AvgIpc) is 2.66. The second kappa shape index (κ2) is 10.8. The Kier molecular flexibility index (Phi) is 8.43. The Bertz CT molecular complexity index is 797. The van der Waals surface area contributed by atoms with Crippen molar-refractivity contribution < 1.29 is 14.3 Å². The highest BCUT2D eigenvalue weighted by molar-refractivity contribution is 6.35. The summed E-state index contributed by atoms with van der Waals surface area (Å²) in [6.45, 7) is 2.72. The smallest absolute Gasteiger partial charge is 0.340 e. The highest BCUT2D eigenvalue weighted by atomic mass is 35.5. The quantitative estimate of drug-likeness (QED) is 0.466. The molecule has 0 heterocycles. The lowest BCUT2D eigenvalue weighted by Gasteiger charge is -2.12. The number of anilines is 1. The zero-order valence-corrected chi connectivity index (χ0v) is 16.6. The molecule has 0 aromatic heterocycles. The van der Waals surface area contributed by atoms with E-state index in [1.54, 1.807) is 30.3 Å². The molecule has 0 aliphatic heterocycles. The van der Waals surface area contributed by atoms with Gasteiger partial charge in [0, 0.05) is 28.8 Å². The van der Waals surface area contributed by atoms with Gasteiger partial charge >= 0.3 is 5.97 Å². The van der Waals surface area contributed by atoms with Crippen LogP contribution in [0.3, 0.4) is 0 Å². The number of carbonyl (C=O) groups excluding carboxylic acids is 2. The van der Waals surface area contributed by atoms with Crippen molar-refractivity contribution in [2.75, 3.05) is 18.5 Å². The Morgan fingerprint density at radius 2 is 1.89 bits per heavy atom. The van der Waals surface area contributed by atoms with E-state index in [0.717, 1.165) is 24.9 Å². The molecule has 2 N–H and O–H groups in total. The monoisotopic (exact) mass is 408 g/mol. The van der Waals surface area contributed by atoms with Gasteiger partial charge in [-0.2, -0.15) is 0 Å². The SMILES string of the molecule is CCCCNc1ccccc1C(=O)OCC(=O)NCc1ccc(Cl)cc1Cl. The third-order valence-electron chi connectivity index (χ3n) is 3.82. The van der Waals surface area contributed by atoms with Crippen molar-refractivity contribution in [3.05, 3.63) is 63.6 Å². The molecule has 0 bridgehead atoms. The van der Waals surface area contributed by atoms with E-state index in [1.807, 2.05) is 12.1 Å². The van der Waals surface area contributed by atoms with E-state index < -0.39 is 11.9 Å². The van der Waals surface area contributed by atoms with Crippen LogP contribution in [0.5, 0.6) is 0 Å². The number of para-hydroxylation sites is 1. The van der Waals surface area contributed by atoms with Crippen LogP contribution in [0.15, 0.2) is 42.5 Å². The van der Waals surface area contributed by atoms with Crippen LogP contribution in [0.1, 0.15) is 35.7 Å². The van der Waals surface area contributed by atoms with Gasteiger partial charge in [0.25, 0.3) is 5.91 Å². The van der Waals surface area contributed by atoms with Crippen molar-refractivity contribution in [2.24, 2.45) is 0 Å². The number of hydrogen-bond donors (Lipinski definition) is 2. The number of amides is 1. The molecule has 27 heavy (non-hydrogen) atoms. The maximum atomic E-state index is 12.3. The lowest BCUT2D eigenvalue weighted by Crippen LogP contribution is -2.28.